The Labute approximate surface area is 67.3 Å². The van der Waals surface area contributed by atoms with Gasteiger partial charge in [-0.15, -0.1) is 0 Å². The summed E-state index contributed by atoms with van der Waals surface area (Å²) in [5.74, 6) is 0.647. The summed E-state index contributed by atoms with van der Waals surface area (Å²) in [7, 11) is 1.77. The molecule has 0 N–H and O–H groups in total. The molecule has 1 aliphatic rings. The van der Waals surface area contributed by atoms with Gasteiger partial charge in [0.2, 0.25) is 0 Å². The molecule has 0 aromatic heterocycles. The third kappa shape index (κ3) is 1.93. The van der Waals surface area contributed by atoms with E-state index in [9.17, 15) is 4.79 Å². The Bertz CT molecular complexity index is 156. The minimum Gasteiger partial charge on any atom is -0.348 e. The highest BCUT2D eigenvalue weighted by atomic mass is 16.5. The van der Waals surface area contributed by atoms with Crippen LogP contribution in [0, 0.1) is 5.92 Å². The molecule has 11 heavy (non-hydrogen) atoms. The highest BCUT2D eigenvalue weighted by Gasteiger charge is 2.29. The Hall–Kier alpha value is -0.570. The molecule has 3 nitrogen and oxygen atoms in total. The number of likely N-dealkylation sites (N-methyl/N-ethyl adjacent to an activating group) is 1. The summed E-state index contributed by atoms with van der Waals surface area (Å²) in [6.07, 6.45) is 0.656. The summed E-state index contributed by atoms with van der Waals surface area (Å²) < 4.78 is 5.26. The molecule has 0 radical (unpaired) electrons. The van der Waals surface area contributed by atoms with Crippen LogP contribution in [0.3, 0.4) is 0 Å². The molecule has 1 amide bonds. The number of hydrogen-bond acceptors (Lipinski definition) is 2. The van der Waals surface area contributed by atoms with Crippen LogP contribution < -0.4 is 0 Å². The van der Waals surface area contributed by atoms with E-state index in [4.69, 9.17) is 4.74 Å². The Morgan fingerprint density at radius 1 is 1.73 bits per heavy atom. The summed E-state index contributed by atoms with van der Waals surface area (Å²) in [6.45, 7) is 4.64. The number of amides is 1. The van der Waals surface area contributed by atoms with Gasteiger partial charge >= 0.3 is 0 Å². The SMILES string of the molecule is CC(C)C[C@@H]1OCN(C)C1=O. The first-order chi connectivity index (χ1) is 5.11. The lowest BCUT2D eigenvalue weighted by molar-refractivity contribution is -0.129. The van der Waals surface area contributed by atoms with Crippen molar-refractivity contribution in [3.63, 3.8) is 0 Å². The van der Waals surface area contributed by atoms with E-state index in [0.717, 1.165) is 6.42 Å². The van der Waals surface area contributed by atoms with Crippen molar-refractivity contribution in [3.8, 4) is 0 Å². The number of hydrogen-bond donors (Lipinski definition) is 0. The summed E-state index contributed by atoms with van der Waals surface area (Å²) in [4.78, 5) is 12.9. The zero-order valence-corrected chi connectivity index (χ0v) is 7.33. The van der Waals surface area contributed by atoms with E-state index in [1.54, 1.807) is 11.9 Å². The number of carbonyl (C=O) groups is 1. The highest BCUT2D eigenvalue weighted by molar-refractivity contribution is 5.81. The zero-order valence-electron chi connectivity index (χ0n) is 7.33. The van der Waals surface area contributed by atoms with Gasteiger partial charge in [0, 0.05) is 7.05 Å². The van der Waals surface area contributed by atoms with Gasteiger partial charge in [0.05, 0.1) is 0 Å². The van der Waals surface area contributed by atoms with Gasteiger partial charge in [-0.25, -0.2) is 0 Å². The van der Waals surface area contributed by atoms with Gasteiger partial charge in [-0.1, -0.05) is 13.8 Å². The summed E-state index contributed by atoms with van der Waals surface area (Å²) in [5.41, 5.74) is 0. The quantitative estimate of drug-likeness (QED) is 0.594. The number of carbonyl (C=O) groups excluding carboxylic acids is 1. The maximum Gasteiger partial charge on any atom is 0.253 e. The summed E-state index contributed by atoms with van der Waals surface area (Å²) in [5, 5.41) is 0. The fraction of sp³-hybridized carbons (Fsp3) is 0.875. The van der Waals surface area contributed by atoms with Crippen molar-refractivity contribution in [1.29, 1.82) is 0 Å². The monoisotopic (exact) mass is 157 g/mol. The molecule has 3 heteroatoms. The van der Waals surface area contributed by atoms with Crippen molar-refractivity contribution in [2.75, 3.05) is 13.8 Å². The molecular weight excluding hydrogens is 142 g/mol. The third-order valence-corrected chi connectivity index (χ3v) is 1.81. The largest absolute Gasteiger partial charge is 0.348 e. The lowest BCUT2D eigenvalue weighted by Crippen LogP contribution is -2.26. The zero-order chi connectivity index (χ0) is 8.43. The average molecular weight is 157 g/mol. The predicted molar refractivity (Wildman–Crippen MR) is 42.0 cm³/mol. The Kier molecular flexibility index (Phi) is 2.49. The molecule has 1 aliphatic heterocycles. The molecule has 0 saturated carbocycles. The molecule has 1 heterocycles. The first-order valence-electron chi connectivity index (χ1n) is 3.98. The van der Waals surface area contributed by atoms with Gasteiger partial charge in [0.1, 0.15) is 12.8 Å². The molecule has 0 aliphatic carbocycles. The lowest BCUT2D eigenvalue weighted by atomic mass is 10.1. The van der Waals surface area contributed by atoms with Crippen LogP contribution in [-0.4, -0.2) is 30.7 Å². The number of ether oxygens (including phenoxy) is 1. The van der Waals surface area contributed by atoms with Gasteiger partial charge in [-0.05, 0) is 12.3 Å². The Balaban J connectivity index is 2.42. The molecule has 0 aromatic carbocycles. The van der Waals surface area contributed by atoms with Crippen LogP contribution in [0.5, 0.6) is 0 Å². The van der Waals surface area contributed by atoms with Crippen molar-refractivity contribution in [2.45, 2.75) is 26.4 Å². The van der Waals surface area contributed by atoms with Crippen molar-refractivity contribution < 1.29 is 9.53 Å². The van der Waals surface area contributed by atoms with Gasteiger partial charge in [0.25, 0.3) is 5.91 Å². The van der Waals surface area contributed by atoms with E-state index in [2.05, 4.69) is 13.8 Å². The molecule has 1 saturated heterocycles. The molecule has 1 atom stereocenters. The Morgan fingerprint density at radius 2 is 2.36 bits per heavy atom. The number of rotatable bonds is 2. The van der Waals surface area contributed by atoms with Gasteiger partial charge in [0.15, 0.2) is 0 Å². The van der Waals surface area contributed by atoms with Crippen LogP contribution in [0.2, 0.25) is 0 Å². The number of nitrogens with zero attached hydrogens (tertiary/aromatic N) is 1. The van der Waals surface area contributed by atoms with Crippen LogP contribution in [0.15, 0.2) is 0 Å². The first kappa shape index (κ1) is 8.53. The highest BCUT2D eigenvalue weighted by Crippen LogP contribution is 2.15. The molecule has 64 valence electrons. The van der Waals surface area contributed by atoms with Gasteiger partial charge in [-0.2, -0.15) is 0 Å². The lowest BCUT2D eigenvalue weighted by Gasteiger charge is -2.09. The minimum absolute atomic E-state index is 0.124. The fourth-order valence-electron chi connectivity index (χ4n) is 1.18. The second-order valence-electron chi connectivity index (χ2n) is 3.45. The summed E-state index contributed by atoms with van der Waals surface area (Å²) >= 11 is 0. The molecule has 0 unspecified atom stereocenters. The van der Waals surface area contributed by atoms with Crippen molar-refractivity contribution in [3.05, 3.63) is 0 Å². The molecule has 0 spiro atoms. The van der Waals surface area contributed by atoms with Crippen LogP contribution in [0.1, 0.15) is 20.3 Å². The minimum atomic E-state index is -0.181. The predicted octanol–water partition coefficient (Wildman–Crippen LogP) is 0.847. The second-order valence-corrected chi connectivity index (χ2v) is 3.45. The van der Waals surface area contributed by atoms with Gasteiger partial charge < -0.3 is 9.64 Å². The van der Waals surface area contributed by atoms with Crippen LogP contribution in [-0.2, 0) is 9.53 Å². The molecule has 0 bridgehead atoms. The van der Waals surface area contributed by atoms with E-state index in [0.29, 0.717) is 12.6 Å². The van der Waals surface area contributed by atoms with E-state index < -0.39 is 0 Å². The van der Waals surface area contributed by atoms with Crippen molar-refractivity contribution in [1.82, 2.24) is 4.90 Å². The normalized spacial score (nSPS) is 25.3. The average Bonchev–Trinajstić information content (AvgIpc) is 2.18. The van der Waals surface area contributed by atoms with E-state index in [-0.39, 0.29) is 12.0 Å². The maximum atomic E-state index is 11.2. The molecule has 1 fully saturated rings. The van der Waals surface area contributed by atoms with Crippen LogP contribution in [0.25, 0.3) is 0 Å². The van der Waals surface area contributed by atoms with Gasteiger partial charge in [-0.3, -0.25) is 4.79 Å². The summed E-state index contributed by atoms with van der Waals surface area (Å²) in [6, 6.07) is 0. The van der Waals surface area contributed by atoms with Crippen molar-refractivity contribution >= 4 is 5.91 Å². The molecule has 1 rings (SSSR count). The smallest absolute Gasteiger partial charge is 0.253 e. The Morgan fingerprint density at radius 3 is 2.73 bits per heavy atom. The molecular formula is C8H15NO2. The first-order valence-corrected chi connectivity index (χ1v) is 3.98. The van der Waals surface area contributed by atoms with Crippen LogP contribution in [0.4, 0.5) is 0 Å². The van der Waals surface area contributed by atoms with Crippen molar-refractivity contribution in [2.24, 2.45) is 5.92 Å². The van der Waals surface area contributed by atoms with E-state index in [1.807, 2.05) is 0 Å². The van der Waals surface area contributed by atoms with Crippen LogP contribution >= 0.6 is 0 Å². The topological polar surface area (TPSA) is 29.5 Å². The van der Waals surface area contributed by atoms with E-state index >= 15 is 0 Å². The maximum absolute atomic E-state index is 11.2. The fourth-order valence-corrected chi connectivity index (χ4v) is 1.18. The standard InChI is InChI=1S/C8H15NO2/c1-6(2)4-7-8(10)9(3)5-11-7/h6-7H,4-5H2,1-3H3/t7-/m0/s1. The molecule has 0 aromatic rings. The second kappa shape index (κ2) is 3.22. The third-order valence-electron chi connectivity index (χ3n) is 1.81. The van der Waals surface area contributed by atoms with E-state index in [1.165, 1.54) is 0 Å².